The summed E-state index contributed by atoms with van der Waals surface area (Å²) in [4.78, 5) is 22.8. The lowest BCUT2D eigenvalue weighted by molar-refractivity contribution is 0.0703. The van der Waals surface area contributed by atoms with Crippen LogP contribution in [0, 0.1) is 6.92 Å². The van der Waals surface area contributed by atoms with E-state index in [0.29, 0.717) is 15.5 Å². The van der Waals surface area contributed by atoms with Crippen LogP contribution in [0.25, 0.3) is 10.4 Å². The summed E-state index contributed by atoms with van der Waals surface area (Å²) in [6.45, 7) is 1.67. The highest BCUT2D eigenvalue weighted by atomic mass is 35.5. The van der Waals surface area contributed by atoms with Gasteiger partial charge in [-0.1, -0.05) is 41.9 Å². The maximum atomic E-state index is 12.9. The standard InChI is InChI=1S/C18H15ClNO4PS/c1-11-9-13(19)7-8-15(11)25(23,24)20-14-10-16(26-17(14)18(21)22)12-5-3-2-4-6-12/h2-10H,1H3,(H,21,22)(H2,20,23,24). The molecule has 26 heavy (non-hydrogen) atoms. The summed E-state index contributed by atoms with van der Waals surface area (Å²) in [5.41, 5.74) is 1.50. The summed E-state index contributed by atoms with van der Waals surface area (Å²) >= 11 is 6.95. The quantitative estimate of drug-likeness (QED) is 0.518. The van der Waals surface area contributed by atoms with Gasteiger partial charge in [0.2, 0.25) is 0 Å². The molecule has 1 aromatic heterocycles. The van der Waals surface area contributed by atoms with Crippen molar-refractivity contribution in [1.82, 2.24) is 0 Å². The normalized spacial score (nSPS) is 13.2. The first-order valence-corrected chi connectivity index (χ1v) is 10.4. The average molecular weight is 408 g/mol. The largest absolute Gasteiger partial charge is 0.477 e. The number of hydrogen-bond donors (Lipinski definition) is 3. The summed E-state index contributed by atoms with van der Waals surface area (Å²) in [6, 6.07) is 15.4. The fraction of sp³-hybridized carbons (Fsp3) is 0.0556. The van der Waals surface area contributed by atoms with Crippen LogP contribution in [-0.4, -0.2) is 16.0 Å². The van der Waals surface area contributed by atoms with Crippen molar-refractivity contribution in [3.05, 3.63) is 70.1 Å². The number of nitrogens with one attached hydrogen (secondary N) is 1. The molecule has 0 aliphatic carbocycles. The molecule has 0 amide bonds. The average Bonchev–Trinajstić information content (AvgIpc) is 2.98. The van der Waals surface area contributed by atoms with E-state index in [0.717, 1.165) is 16.9 Å². The molecule has 0 bridgehead atoms. The zero-order valence-corrected chi connectivity index (χ0v) is 16.1. The van der Waals surface area contributed by atoms with Crippen LogP contribution in [0.5, 0.6) is 0 Å². The fourth-order valence-electron chi connectivity index (χ4n) is 2.56. The minimum atomic E-state index is -4.03. The third-order valence-corrected chi connectivity index (χ3v) is 6.85. The molecule has 3 N–H and O–H groups in total. The number of carboxylic acids is 1. The highest BCUT2D eigenvalue weighted by molar-refractivity contribution is 7.67. The van der Waals surface area contributed by atoms with Gasteiger partial charge < -0.3 is 15.1 Å². The van der Waals surface area contributed by atoms with E-state index in [1.54, 1.807) is 19.1 Å². The molecule has 1 heterocycles. The summed E-state index contributed by atoms with van der Waals surface area (Å²) in [6.07, 6.45) is 0. The molecule has 0 radical (unpaired) electrons. The van der Waals surface area contributed by atoms with E-state index in [1.165, 1.54) is 12.1 Å². The van der Waals surface area contributed by atoms with Gasteiger partial charge in [-0.2, -0.15) is 0 Å². The first-order chi connectivity index (χ1) is 12.3. The predicted molar refractivity (Wildman–Crippen MR) is 106 cm³/mol. The second-order valence-electron chi connectivity index (χ2n) is 5.64. The number of carboxylic acid groups (broad SMARTS) is 1. The number of hydrogen-bond acceptors (Lipinski definition) is 3. The third-order valence-electron chi connectivity index (χ3n) is 3.74. The summed E-state index contributed by atoms with van der Waals surface area (Å²) < 4.78 is 12.9. The molecule has 0 saturated heterocycles. The Hall–Kier alpha value is -2.11. The second kappa shape index (κ2) is 7.25. The Morgan fingerprint density at radius 1 is 1.15 bits per heavy atom. The molecule has 0 spiro atoms. The van der Waals surface area contributed by atoms with Crippen molar-refractivity contribution < 1.29 is 19.4 Å². The first-order valence-electron chi connectivity index (χ1n) is 7.58. The van der Waals surface area contributed by atoms with Gasteiger partial charge in [-0.05, 0) is 42.3 Å². The highest BCUT2D eigenvalue weighted by Crippen LogP contribution is 2.45. The van der Waals surface area contributed by atoms with Gasteiger partial charge in [-0.15, -0.1) is 11.3 Å². The zero-order valence-electron chi connectivity index (χ0n) is 13.6. The number of thiophene rings is 1. The molecule has 8 heteroatoms. The minimum Gasteiger partial charge on any atom is -0.477 e. The van der Waals surface area contributed by atoms with E-state index in [1.807, 2.05) is 30.3 Å². The smallest absolute Gasteiger partial charge is 0.348 e. The molecule has 1 atom stereocenters. The Labute approximate surface area is 159 Å². The van der Waals surface area contributed by atoms with Crippen molar-refractivity contribution in [2.45, 2.75) is 6.92 Å². The lowest BCUT2D eigenvalue weighted by Gasteiger charge is -2.16. The van der Waals surface area contributed by atoms with Crippen LogP contribution in [0.3, 0.4) is 0 Å². The number of halogens is 1. The SMILES string of the molecule is Cc1cc(Cl)ccc1P(=O)(O)Nc1cc(-c2ccccc2)sc1C(=O)O. The van der Waals surface area contributed by atoms with Crippen LogP contribution in [-0.2, 0) is 4.57 Å². The van der Waals surface area contributed by atoms with E-state index >= 15 is 0 Å². The molecular weight excluding hydrogens is 393 g/mol. The number of anilines is 1. The van der Waals surface area contributed by atoms with Gasteiger partial charge in [0.25, 0.3) is 0 Å². The van der Waals surface area contributed by atoms with Crippen LogP contribution in [0.1, 0.15) is 15.2 Å². The number of benzene rings is 2. The molecule has 3 aromatic rings. The second-order valence-corrected chi connectivity index (χ2v) is 8.99. The van der Waals surface area contributed by atoms with E-state index in [4.69, 9.17) is 11.6 Å². The molecule has 1 unspecified atom stereocenters. The van der Waals surface area contributed by atoms with Gasteiger partial charge in [0, 0.05) is 9.90 Å². The van der Waals surface area contributed by atoms with Crippen molar-refractivity contribution >= 4 is 47.4 Å². The predicted octanol–water partition coefficient (Wildman–Crippen LogP) is 5.00. The number of aryl methyl sites for hydroxylation is 1. The van der Waals surface area contributed by atoms with Crippen LogP contribution in [0.15, 0.2) is 54.6 Å². The number of carbonyl (C=O) groups is 1. The van der Waals surface area contributed by atoms with Gasteiger partial charge in [-0.25, -0.2) is 4.79 Å². The van der Waals surface area contributed by atoms with Crippen LogP contribution in [0.4, 0.5) is 5.69 Å². The summed E-state index contributed by atoms with van der Waals surface area (Å²) in [7, 11) is -4.03. The van der Waals surface area contributed by atoms with E-state index in [2.05, 4.69) is 5.09 Å². The monoisotopic (exact) mass is 407 g/mol. The Bertz CT molecular complexity index is 1020. The van der Waals surface area contributed by atoms with E-state index < -0.39 is 13.5 Å². The maximum absolute atomic E-state index is 12.9. The van der Waals surface area contributed by atoms with Gasteiger partial charge in [0.05, 0.1) is 11.0 Å². The van der Waals surface area contributed by atoms with Crippen LogP contribution in [0.2, 0.25) is 5.02 Å². The van der Waals surface area contributed by atoms with Crippen LogP contribution >= 0.6 is 30.5 Å². The van der Waals surface area contributed by atoms with E-state index in [9.17, 15) is 19.4 Å². The van der Waals surface area contributed by atoms with Gasteiger partial charge >= 0.3 is 13.5 Å². The minimum absolute atomic E-state index is 0.0234. The van der Waals surface area contributed by atoms with Crippen molar-refractivity contribution in [3.8, 4) is 10.4 Å². The Kier molecular flexibility index (Phi) is 5.21. The molecule has 3 rings (SSSR count). The summed E-state index contributed by atoms with van der Waals surface area (Å²) in [5.74, 6) is -1.16. The molecule has 134 valence electrons. The summed E-state index contributed by atoms with van der Waals surface area (Å²) in [5, 5.41) is 12.6. The third kappa shape index (κ3) is 3.84. The van der Waals surface area contributed by atoms with Gasteiger partial charge in [-0.3, -0.25) is 4.57 Å². The Morgan fingerprint density at radius 2 is 1.85 bits per heavy atom. The van der Waals surface area contributed by atoms with Gasteiger partial charge in [0.15, 0.2) is 0 Å². The fourth-order valence-corrected chi connectivity index (χ4v) is 5.26. The molecule has 0 aliphatic rings. The Balaban J connectivity index is 2.02. The maximum Gasteiger partial charge on any atom is 0.348 e. The lowest BCUT2D eigenvalue weighted by atomic mass is 10.2. The zero-order chi connectivity index (χ0) is 18.9. The van der Waals surface area contributed by atoms with Crippen molar-refractivity contribution in [2.75, 3.05) is 5.09 Å². The number of rotatable bonds is 5. The molecular formula is C18H15ClNO4PS. The van der Waals surface area contributed by atoms with Crippen molar-refractivity contribution in [3.63, 3.8) is 0 Å². The lowest BCUT2D eigenvalue weighted by Crippen LogP contribution is -2.15. The molecule has 0 fully saturated rings. The Morgan fingerprint density at radius 3 is 2.46 bits per heavy atom. The molecule has 0 saturated carbocycles. The molecule has 0 aliphatic heterocycles. The number of aromatic carboxylic acids is 1. The van der Waals surface area contributed by atoms with Crippen molar-refractivity contribution in [1.29, 1.82) is 0 Å². The van der Waals surface area contributed by atoms with E-state index in [-0.39, 0.29) is 15.9 Å². The molecule has 2 aromatic carbocycles. The highest BCUT2D eigenvalue weighted by Gasteiger charge is 2.27. The topological polar surface area (TPSA) is 86.6 Å². The first kappa shape index (κ1) is 18.7. The van der Waals surface area contributed by atoms with Gasteiger partial charge in [0.1, 0.15) is 4.88 Å². The van der Waals surface area contributed by atoms with Crippen LogP contribution < -0.4 is 10.4 Å². The molecule has 5 nitrogen and oxygen atoms in total. The van der Waals surface area contributed by atoms with Crippen molar-refractivity contribution in [2.24, 2.45) is 0 Å².